The van der Waals surface area contributed by atoms with E-state index in [1.54, 1.807) is 11.3 Å². The first-order valence-corrected chi connectivity index (χ1v) is 7.65. The third-order valence-electron chi connectivity index (χ3n) is 3.35. The Morgan fingerprint density at radius 1 is 1.42 bits per heavy atom. The number of nitrogens with zero attached hydrogens (tertiary/aromatic N) is 2. The summed E-state index contributed by atoms with van der Waals surface area (Å²) >= 11 is 7.84. The molecule has 1 fully saturated rings. The summed E-state index contributed by atoms with van der Waals surface area (Å²) in [6.45, 7) is 2.92. The Morgan fingerprint density at radius 2 is 2.26 bits per heavy atom. The molecule has 19 heavy (non-hydrogen) atoms. The molecule has 1 aliphatic rings. The summed E-state index contributed by atoms with van der Waals surface area (Å²) < 4.78 is 0. The highest BCUT2D eigenvalue weighted by Crippen LogP contribution is 2.30. The number of hydrogen-bond donors (Lipinski definition) is 1. The van der Waals surface area contributed by atoms with Gasteiger partial charge in [-0.3, -0.25) is 4.90 Å². The molecule has 1 atom stereocenters. The molecule has 1 saturated heterocycles. The summed E-state index contributed by atoms with van der Waals surface area (Å²) in [5.74, 6) is 0. The lowest BCUT2D eigenvalue weighted by atomic mass is 10.2. The van der Waals surface area contributed by atoms with Crippen molar-refractivity contribution in [2.24, 2.45) is 5.73 Å². The largest absolute Gasteiger partial charge is 0.326 e. The second-order valence-corrected chi connectivity index (χ2v) is 6.17. The molecule has 0 amide bonds. The zero-order valence-electron chi connectivity index (χ0n) is 10.6. The van der Waals surface area contributed by atoms with E-state index in [4.69, 9.17) is 17.3 Å². The minimum Gasteiger partial charge on any atom is -0.326 e. The number of aromatic nitrogens is 1. The van der Waals surface area contributed by atoms with Crippen molar-refractivity contribution in [1.29, 1.82) is 0 Å². The fourth-order valence-corrected chi connectivity index (χ4v) is 3.50. The number of hydrogen-bond acceptors (Lipinski definition) is 4. The summed E-state index contributed by atoms with van der Waals surface area (Å²) in [7, 11) is 0. The molecule has 2 heterocycles. The van der Waals surface area contributed by atoms with Gasteiger partial charge in [0.2, 0.25) is 0 Å². The molecule has 2 N–H and O–H groups in total. The van der Waals surface area contributed by atoms with Gasteiger partial charge < -0.3 is 5.73 Å². The van der Waals surface area contributed by atoms with Gasteiger partial charge in [0.15, 0.2) is 0 Å². The van der Waals surface area contributed by atoms with Gasteiger partial charge in [-0.05, 0) is 12.5 Å². The van der Waals surface area contributed by atoms with Crippen molar-refractivity contribution < 1.29 is 0 Å². The maximum absolute atomic E-state index is 6.20. The van der Waals surface area contributed by atoms with E-state index in [2.05, 4.69) is 15.3 Å². The molecule has 0 saturated carbocycles. The Labute approximate surface area is 122 Å². The molecule has 3 nitrogen and oxygen atoms in total. The molecule has 100 valence electrons. The van der Waals surface area contributed by atoms with Crippen LogP contribution in [0.4, 0.5) is 0 Å². The Morgan fingerprint density at radius 3 is 3.00 bits per heavy atom. The van der Waals surface area contributed by atoms with Gasteiger partial charge in [0.25, 0.3) is 0 Å². The summed E-state index contributed by atoms with van der Waals surface area (Å²) in [5, 5.41) is 3.86. The quantitative estimate of drug-likeness (QED) is 0.946. The van der Waals surface area contributed by atoms with Crippen LogP contribution in [0.1, 0.15) is 12.1 Å². The monoisotopic (exact) mass is 293 g/mol. The third kappa shape index (κ3) is 2.98. The number of rotatable bonds is 3. The molecule has 0 spiro atoms. The van der Waals surface area contributed by atoms with E-state index in [9.17, 15) is 0 Å². The van der Waals surface area contributed by atoms with Crippen LogP contribution in [0, 0.1) is 0 Å². The summed E-state index contributed by atoms with van der Waals surface area (Å²) in [6.07, 6.45) is 1.08. The molecule has 1 aliphatic heterocycles. The highest BCUT2D eigenvalue weighted by Gasteiger charge is 2.20. The Bertz CT molecular complexity index is 569. The summed E-state index contributed by atoms with van der Waals surface area (Å²) in [4.78, 5) is 7.04. The lowest BCUT2D eigenvalue weighted by Crippen LogP contribution is -2.26. The van der Waals surface area contributed by atoms with Crippen LogP contribution < -0.4 is 5.73 Å². The first-order valence-electron chi connectivity index (χ1n) is 6.39. The lowest BCUT2D eigenvalue weighted by Gasteiger charge is -2.12. The molecule has 3 rings (SSSR count). The van der Waals surface area contributed by atoms with Crippen LogP contribution in [0.2, 0.25) is 5.02 Å². The lowest BCUT2D eigenvalue weighted by molar-refractivity contribution is 0.323. The van der Waals surface area contributed by atoms with Gasteiger partial charge in [-0.2, -0.15) is 0 Å². The Hall–Kier alpha value is -0.940. The van der Waals surface area contributed by atoms with Crippen LogP contribution in [0.25, 0.3) is 10.6 Å². The van der Waals surface area contributed by atoms with E-state index in [0.29, 0.717) is 6.04 Å². The number of likely N-dealkylation sites (tertiary alicyclic amines) is 1. The van der Waals surface area contributed by atoms with E-state index in [-0.39, 0.29) is 0 Å². The van der Waals surface area contributed by atoms with Crippen molar-refractivity contribution in [3.63, 3.8) is 0 Å². The van der Waals surface area contributed by atoms with Crippen LogP contribution in [0.15, 0.2) is 29.6 Å². The van der Waals surface area contributed by atoms with E-state index in [0.717, 1.165) is 47.3 Å². The first-order chi connectivity index (χ1) is 9.22. The third-order valence-corrected chi connectivity index (χ3v) is 4.60. The van der Waals surface area contributed by atoms with Crippen LogP contribution in [0.5, 0.6) is 0 Å². The molecule has 0 bridgehead atoms. The zero-order chi connectivity index (χ0) is 13.2. The van der Waals surface area contributed by atoms with Gasteiger partial charge in [-0.25, -0.2) is 4.98 Å². The molecule has 1 aromatic carbocycles. The number of thiazole rings is 1. The second-order valence-electron chi connectivity index (χ2n) is 4.91. The maximum Gasteiger partial charge on any atom is 0.125 e. The molecular weight excluding hydrogens is 278 g/mol. The van der Waals surface area contributed by atoms with Gasteiger partial charge in [0.1, 0.15) is 5.01 Å². The standard InChI is InChI=1S/C14H16ClN3S/c15-13-4-2-1-3-12(13)14-17-11(9-19-14)8-18-6-5-10(16)7-18/h1-4,9-10H,5-8,16H2/t10-/m0/s1. The van der Waals surface area contributed by atoms with Crippen molar-refractivity contribution in [2.75, 3.05) is 13.1 Å². The van der Waals surface area contributed by atoms with Gasteiger partial charge in [0.05, 0.1) is 10.7 Å². The molecule has 2 aromatic rings. The number of nitrogens with two attached hydrogens (primary N) is 1. The molecular formula is C14H16ClN3S. The van der Waals surface area contributed by atoms with E-state index in [1.165, 1.54) is 0 Å². The Balaban J connectivity index is 1.75. The average molecular weight is 294 g/mol. The second kappa shape index (κ2) is 5.59. The predicted molar refractivity (Wildman–Crippen MR) is 80.4 cm³/mol. The zero-order valence-corrected chi connectivity index (χ0v) is 12.1. The van der Waals surface area contributed by atoms with Crippen LogP contribution in [-0.2, 0) is 6.54 Å². The fraction of sp³-hybridized carbons (Fsp3) is 0.357. The van der Waals surface area contributed by atoms with Crippen molar-refractivity contribution in [1.82, 2.24) is 9.88 Å². The van der Waals surface area contributed by atoms with Crippen molar-refractivity contribution in [3.8, 4) is 10.6 Å². The average Bonchev–Trinajstić information content (AvgIpc) is 3.00. The number of benzene rings is 1. The summed E-state index contributed by atoms with van der Waals surface area (Å²) in [6, 6.07) is 8.16. The van der Waals surface area contributed by atoms with E-state index in [1.807, 2.05) is 24.3 Å². The van der Waals surface area contributed by atoms with Gasteiger partial charge in [-0.1, -0.05) is 29.8 Å². The van der Waals surface area contributed by atoms with Crippen LogP contribution in [-0.4, -0.2) is 29.0 Å². The minimum atomic E-state index is 0.321. The first kappa shape index (κ1) is 13.1. The molecule has 1 aromatic heterocycles. The molecule has 0 unspecified atom stereocenters. The number of halogens is 1. The Kier molecular flexibility index (Phi) is 3.84. The fourth-order valence-electron chi connectivity index (χ4n) is 2.37. The normalized spacial score (nSPS) is 20.0. The highest BCUT2D eigenvalue weighted by atomic mass is 35.5. The van der Waals surface area contributed by atoms with Crippen molar-refractivity contribution in [3.05, 3.63) is 40.4 Å². The van der Waals surface area contributed by atoms with Crippen molar-refractivity contribution >= 4 is 22.9 Å². The highest BCUT2D eigenvalue weighted by molar-refractivity contribution is 7.13. The van der Waals surface area contributed by atoms with E-state index < -0.39 is 0 Å². The van der Waals surface area contributed by atoms with Gasteiger partial charge in [-0.15, -0.1) is 11.3 Å². The smallest absolute Gasteiger partial charge is 0.125 e. The minimum absolute atomic E-state index is 0.321. The topological polar surface area (TPSA) is 42.1 Å². The SMILES string of the molecule is N[C@H]1CCN(Cc2csc(-c3ccccc3Cl)n2)C1. The predicted octanol–water partition coefficient (Wildman–Crippen LogP) is 3.00. The van der Waals surface area contributed by atoms with Gasteiger partial charge in [0, 0.05) is 36.6 Å². The van der Waals surface area contributed by atoms with Crippen LogP contribution >= 0.6 is 22.9 Å². The molecule has 0 aliphatic carbocycles. The summed E-state index contributed by atoms with van der Waals surface area (Å²) in [5.41, 5.74) is 8.04. The molecule has 0 radical (unpaired) electrons. The van der Waals surface area contributed by atoms with E-state index >= 15 is 0 Å². The van der Waals surface area contributed by atoms with Crippen molar-refractivity contribution in [2.45, 2.75) is 19.0 Å². The molecule has 5 heteroatoms. The van der Waals surface area contributed by atoms with Gasteiger partial charge >= 0.3 is 0 Å². The van der Waals surface area contributed by atoms with Crippen LogP contribution in [0.3, 0.4) is 0 Å². The maximum atomic E-state index is 6.20.